The lowest BCUT2D eigenvalue weighted by molar-refractivity contribution is -0.131. The van der Waals surface area contributed by atoms with Crippen LogP contribution in [0.4, 0.5) is 0 Å². The summed E-state index contributed by atoms with van der Waals surface area (Å²) in [5.41, 5.74) is 1.11. The lowest BCUT2D eigenvalue weighted by atomic mass is 10.0. The van der Waals surface area contributed by atoms with Crippen molar-refractivity contribution in [2.75, 3.05) is 32.7 Å². The molecule has 132 valence electrons. The molecule has 1 fully saturated rings. The summed E-state index contributed by atoms with van der Waals surface area (Å²) < 4.78 is 0. The summed E-state index contributed by atoms with van der Waals surface area (Å²) in [6.45, 7) is 6.87. The number of hydrogen-bond acceptors (Lipinski definition) is 3. The first-order valence-corrected chi connectivity index (χ1v) is 8.79. The molecule has 1 N–H and O–H groups in total. The lowest BCUT2D eigenvalue weighted by Gasteiger charge is -2.33. The van der Waals surface area contributed by atoms with Crippen molar-refractivity contribution in [3.8, 4) is 0 Å². The molecule has 1 aliphatic rings. The Morgan fingerprint density at radius 1 is 1.04 bits per heavy atom. The van der Waals surface area contributed by atoms with Gasteiger partial charge in [0, 0.05) is 33.1 Å². The van der Waals surface area contributed by atoms with Crippen molar-refractivity contribution in [3.05, 3.63) is 48.0 Å². The first-order valence-electron chi connectivity index (χ1n) is 8.79. The van der Waals surface area contributed by atoms with E-state index in [1.807, 2.05) is 24.0 Å². The Hall–Kier alpha value is -2.40. The Labute approximate surface area is 148 Å². The third kappa shape index (κ3) is 4.37. The van der Waals surface area contributed by atoms with E-state index in [-0.39, 0.29) is 17.9 Å². The van der Waals surface area contributed by atoms with Crippen molar-refractivity contribution in [2.24, 2.45) is 0 Å². The van der Waals surface area contributed by atoms with E-state index in [4.69, 9.17) is 0 Å². The van der Waals surface area contributed by atoms with Gasteiger partial charge in [-0.2, -0.15) is 0 Å². The number of benzene rings is 2. The van der Waals surface area contributed by atoms with E-state index in [2.05, 4.69) is 40.5 Å². The van der Waals surface area contributed by atoms with Crippen LogP contribution in [0.1, 0.15) is 25.5 Å². The molecular formula is C20H25N3O2. The molecule has 5 heteroatoms. The molecule has 1 aliphatic heterocycles. The highest BCUT2D eigenvalue weighted by Gasteiger charge is 2.21. The van der Waals surface area contributed by atoms with Crippen LogP contribution < -0.4 is 5.32 Å². The van der Waals surface area contributed by atoms with Gasteiger partial charge in [-0.05, 0) is 29.3 Å². The zero-order chi connectivity index (χ0) is 17.8. The molecule has 0 aromatic heterocycles. The highest BCUT2D eigenvalue weighted by molar-refractivity contribution is 5.83. The van der Waals surface area contributed by atoms with Gasteiger partial charge in [0.1, 0.15) is 0 Å². The molecule has 0 spiro atoms. The molecule has 0 aliphatic carbocycles. The second-order valence-electron chi connectivity index (χ2n) is 6.68. The quantitative estimate of drug-likeness (QED) is 0.929. The van der Waals surface area contributed by atoms with Crippen LogP contribution in [-0.2, 0) is 9.59 Å². The maximum absolute atomic E-state index is 12.3. The third-order valence-electron chi connectivity index (χ3n) is 4.84. The van der Waals surface area contributed by atoms with E-state index < -0.39 is 0 Å². The van der Waals surface area contributed by atoms with Crippen LogP contribution in [-0.4, -0.2) is 54.3 Å². The van der Waals surface area contributed by atoms with Crippen molar-refractivity contribution in [2.45, 2.75) is 19.9 Å². The molecule has 0 unspecified atom stereocenters. The number of rotatable bonds is 4. The molecule has 3 rings (SSSR count). The molecule has 1 atom stereocenters. The highest BCUT2D eigenvalue weighted by atomic mass is 16.2. The Kier molecular flexibility index (Phi) is 5.34. The normalized spacial score (nSPS) is 16.6. The van der Waals surface area contributed by atoms with Crippen LogP contribution in [0, 0.1) is 0 Å². The summed E-state index contributed by atoms with van der Waals surface area (Å²) >= 11 is 0. The summed E-state index contributed by atoms with van der Waals surface area (Å²) in [5.74, 6) is 0.131. The van der Waals surface area contributed by atoms with Gasteiger partial charge in [-0.1, -0.05) is 36.4 Å². The van der Waals surface area contributed by atoms with Crippen LogP contribution in [0.3, 0.4) is 0 Å². The third-order valence-corrected chi connectivity index (χ3v) is 4.84. The lowest BCUT2D eigenvalue weighted by Crippen LogP contribution is -2.50. The largest absolute Gasteiger partial charge is 0.348 e. The SMILES string of the molecule is CC(=O)N1CCN(CC(=O)N[C@@H](C)c2ccc3ccccc3c2)CC1. The molecule has 0 radical (unpaired) electrons. The zero-order valence-corrected chi connectivity index (χ0v) is 14.9. The van der Waals surface area contributed by atoms with Gasteiger partial charge in [0.15, 0.2) is 0 Å². The Bertz CT molecular complexity index is 766. The predicted molar refractivity (Wildman–Crippen MR) is 99.2 cm³/mol. The molecule has 2 aromatic rings. The molecule has 2 amide bonds. The molecule has 2 aromatic carbocycles. The molecular weight excluding hydrogens is 314 g/mol. The number of nitrogens with one attached hydrogen (secondary N) is 1. The first kappa shape index (κ1) is 17.4. The van der Waals surface area contributed by atoms with Gasteiger partial charge in [-0.15, -0.1) is 0 Å². The minimum Gasteiger partial charge on any atom is -0.348 e. The average molecular weight is 339 g/mol. The van der Waals surface area contributed by atoms with Crippen LogP contribution in [0.5, 0.6) is 0 Å². The summed E-state index contributed by atoms with van der Waals surface area (Å²) in [5, 5.41) is 5.46. The van der Waals surface area contributed by atoms with Gasteiger partial charge in [-0.3, -0.25) is 14.5 Å². The minimum atomic E-state index is -0.0318. The maximum Gasteiger partial charge on any atom is 0.234 e. The van der Waals surface area contributed by atoms with Crippen molar-refractivity contribution in [1.29, 1.82) is 0 Å². The standard InChI is InChI=1S/C20H25N3O2/c1-15(18-8-7-17-5-3-4-6-19(17)13-18)21-20(25)14-22-9-11-23(12-10-22)16(2)24/h3-8,13,15H,9-12,14H2,1-2H3,(H,21,25)/t15-/m0/s1. The number of hydrogen-bond donors (Lipinski definition) is 1. The molecule has 1 saturated heterocycles. The first-order chi connectivity index (χ1) is 12.0. The second kappa shape index (κ2) is 7.66. The summed E-state index contributed by atoms with van der Waals surface area (Å²) in [7, 11) is 0. The van der Waals surface area contributed by atoms with Crippen LogP contribution in [0.15, 0.2) is 42.5 Å². The number of piperazine rings is 1. The maximum atomic E-state index is 12.3. The van der Waals surface area contributed by atoms with Gasteiger partial charge < -0.3 is 10.2 Å². The van der Waals surface area contributed by atoms with E-state index in [1.54, 1.807) is 6.92 Å². The Morgan fingerprint density at radius 3 is 2.40 bits per heavy atom. The van der Waals surface area contributed by atoms with E-state index >= 15 is 0 Å². The van der Waals surface area contributed by atoms with Gasteiger partial charge in [0.2, 0.25) is 11.8 Å². The van der Waals surface area contributed by atoms with E-state index in [0.717, 1.165) is 18.7 Å². The van der Waals surface area contributed by atoms with Gasteiger partial charge in [0.25, 0.3) is 0 Å². The molecule has 0 bridgehead atoms. The summed E-state index contributed by atoms with van der Waals surface area (Å²) in [6, 6.07) is 14.5. The van der Waals surface area contributed by atoms with Crippen molar-refractivity contribution in [1.82, 2.24) is 15.1 Å². The number of carbonyl (C=O) groups is 2. The zero-order valence-electron chi connectivity index (χ0n) is 14.9. The number of fused-ring (bicyclic) bond motifs is 1. The molecule has 25 heavy (non-hydrogen) atoms. The Morgan fingerprint density at radius 2 is 1.72 bits per heavy atom. The average Bonchev–Trinajstić information content (AvgIpc) is 2.61. The number of carbonyl (C=O) groups excluding carboxylic acids is 2. The fourth-order valence-corrected chi connectivity index (χ4v) is 3.27. The topological polar surface area (TPSA) is 52.7 Å². The van der Waals surface area contributed by atoms with Gasteiger partial charge in [0.05, 0.1) is 12.6 Å². The van der Waals surface area contributed by atoms with Crippen LogP contribution in [0.2, 0.25) is 0 Å². The summed E-state index contributed by atoms with van der Waals surface area (Å²) in [6.07, 6.45) is 0. The molecule has 5 nitrogen and oxygen atoms in total. The van der Waals surface area contributed by atoms with Crippen molar-refractivity contribution >= 4 is 22.6 Å². The fraction of sp³-hybridized carbons (Fsp3) is 0.400. The van der Waals surface area contributed by atoms with Crippen molar-refractivity contribution in [3.63, 3.8) is 0 Å². The monoisotopic (exact) mass is 339 g/mol. The van der Waals surface area contributed by atoms with Crippen LogP contribution in [0.25, 0.3) is 10.8 Å². The predicted octanol–water partition coefficient (Wildman–Crippen LogP) is 2.18. The highest BCUT2D eigenvalue weighted by Crippen LogP contribution is 2.20. The van der Waals surface area contributed by atoms with Crippen molar-refractivity contribution < 1.29 is 9.59 Å². The second-order valence-corrected chi connectivity index (χ2v) is 6.68. The number of amides is 2. The van der Waals surface area contributed by atoms with Gasteiger partial charge in [-0.25, -0.2) is 0 Å². The van der Waals surface area contributed by atoms with Crippen LogP contribution >= 0.6 is 0 Å². The Balaban J connectivity index is 1.54. The minimum absolute atomic E-state index is 0.0249. The smallest absolute Gasteiger partial charge is 0.234 e. The van der Waals surface area contributed by atoms with E-state index in [0.29, 0.717) is 19.6 Å². The van der Waals surface area contributed by atoms with E-state index in [9.17, 15) is 9.59 Å². The molecule has 0 saturated carbocycles. The number of nitrogens with zero attached hydrogens (tertiary/aromatic N) is 2. The fourth-order valence-electron chi connectivity index (χ4n) is 3.27. The summed E-state index contributed by atoms with van der Waals surface area (Å²) in [4.78, 5) is 27.6. The van der Waals surface area contributed by atoms with Gasteiger partial charge >= 0.3 is 0 Å². The molecule has 1 heterocycles. The van der Waals surface area contributed by atoms with E-state index in [1.165, 1.54) is 10.8 Å².